The summed E-state index contributed by atoms with van der Waals surface area (Å²) in [5, 5.41) is 0. The number of hydrogen-bond donors (Lipinski definition) is 0. The maximum atomic E-state index is 14.7. The van der Waals surface area contributed by atoms with Gasteiger partial charge >= 0.3 is 24.3 Å². The Labute approximate surface area is 293 Å². The van der Waals surface area contributed by atoms with E-state index >= 15 is 0 Å². The van der Waals surface area contributed by atoms with Crippen molar-refractivity contribution in [1.29, 1.82) is 0 Å². The van der Waals surface area contributed by atoms with E-state index < -0.39 is 58.8 Å². The second-order valence-electron chi connectivity index (χ2n) is 12.5. The zero-order chi connectivity index (χ0) is 37.1. The van der Waals surface area contributed by atoms with Gasteiger partial charge in [0.1, 0.15) is 12.2 Å². The molecule has 0 spiro atoms. The minimum Gasteiger partial charge on any atom is -0.459 e. The van der Waals surface area contributed by atoms with Crippen molar-refractivity contribution >= 4 is 11.9 Å². The van der Waals surface area contributed by atoms with Crippen LogP contribution in [-0.4, -0.2) is 50.7 Å². The van der Waals surface area contributed by atoms with Crippen molar-refractivity contribution in [2.45, 2.75) is 87.1 Å². The third-order valence-electron chi connectivity index (χ3n) is 9.30. The fourth-order valence-corrected chi connectivity index (χ4v) is 6.53. The summed E-state index contributed by atoms with van der Waals surface area (Å²) in [6, 6.07) is 22.0. The van der Waals surface area contributed by atoms with Crippen molar-refractivity contribution in [2.24, 2.45) is 5.92 Å². The highest BCUT2D eigenvalue weighted by atomic mass is 19.4. The van der Waals surface area contributed by atoms with Crippen molar-refractivity contribution in [3.63, 3.8) is 0 Å². The molecule has 0 amide bonds. The smallest absolute Gasteiger partial charge is 0.432 e. The van der Waals surface area contributed by atoms with Gasteiger partial charge in [0.2, 0.25) is 0 Å². The third kappa shape index (κ3) is 9.02. The number of ether oxygens (including phenoxy) is 4. The van der Waals surface area contributed by atoms with Gasteiger partial charge in [-0.25, -0.2) is 9.59 Å². The molecule has 0 radical (unpaired) electrons. The first-order chi connectivity index (χ1) is 24.3. The average Bonchev–Trinajstić information content (AvgIpc) is 3.11. The predicted octanol–water partition coefficient (Wildman–Crippen LogP) is 9.18. The lowest BCUT2D eigenvalue weighted by atomic mass is 9.84. The quantitative estimate of drug-likeness (QED) is 0.0887. The highest BCUT2D eigenvalue weighted by Crippen LogP contribution is 2.45. The molecule has 1 fully saturated rings. The fourth-order valence-electron chi connectivity index (χ4n) is 6.53. The summed E-state index contributed by atoms with van der Waals surface area (Å²) in [5.74, 6) is -3.63. The maximum Gasteiger partial charge on any atom is 0.432 e. The summed E-state index contributed by atoms with van der Waals surface area (Å²) in [4.78, 5) is 27.1. The van der Waals surface area contributed by atoms with E-state index in [0.29, 0.717) is 19.3 Å². The largest absolute Gasteiger partial charge is 0.459 e. The number of carbonyl (C=O) groups excluding carboxylic acids is 2. The standard InChI is InChI=1S/C39H42F6O6/c1-48-36(38(40,41)42,30-20-11-5-12-21-30)34(46)50-32(27-26-28-16-7-3-8-17-28)24-15-25-33(29-18-9-4-10-19-29)51-35(47)37(49-2,39(43,44)45)31-22-13-6-14-23-31/h3,5-8,11-17,20-23,25,29,32-33H,4,9-10,18-19,24,26-27H2,1-2H3/b25-15-/t32-,33+,36+,37+/m1/s1. The zero-order valence-corrected chi connectivity index (χ0v) is 28.4. The third-order valence-corrected chi connectivity index (χ3v) is 9.30. The van der Waals surface area contributed by atoms with E-state index in [9.17, 15) is 35.9 Å². The lowest BCUT2D eigenvalue weighted by Crippen LogP contribution is -2.53. The fraction of sp³-hybridized carbons (Fsp3) is 0.436. The Hall–Kier alpha value is -4.16. The molecule has 1 saturated carbocycles. The van der Waals surface area contributed by atoms with Gasteiger partial charge in [-0.2, -0.15) is 26.3 Å². The predicted molar refractivity (Wildman–Crippen MR) is 177 cm³/mol. The Morgan fingerprint density at radius 2 is 1.14 bits per heavy atom. The van der Waals surface area contributed by atoms with Gasteiger partial charge < -0.3 is 18.9 Å². The number of rotatable bonds is 15. The van der Waals surface area contributed by atoms with Crippen LogP contribution in [0.1, 0.15) is 61.6 Å². The van der Waals surface area contributed by atoms with E-state index in [2.05, 4.69) is 0 Å². The van der Waals surface area contributed by atoms with Crippen molar-refractivity contribution in [1.82, 2.24) is 0 Å². The number of hydrogen-bond acceptors (Lipinski definition) is 6. The van der Waals surface area contributed by atoms with Gasteiger partial charge in [0.25, 0.3) is 11.2 Å². The van der Waals surface area contributed by atoms with Crippen molar-refractivity contribution in [2.75, 3.05) is 14.2 Å². The molecule has 3 aromatic carbocycles. The van der Waals surface area contributed by atoms with Crippen LogP contribution in [-0.2, 0) is 46.2 Å². The minimum absolute atomic E-state index is 0.106. The summed E-state index contributed by atoms with van der Waals surface area (Å²) in [6.45, 7) is 0. The van der Waals surface area contributed by atoms with E-state index in [0.717, 1.165) is 63.3 Å². The molecular formula is C39H42F6O6. The molecule has 51 heavy (non-hydrogen) atoms. The molecule has 276 valence electrons. The summed E-state index contributed by atoms with van der Waals surface area (Å²) in [7, 11) is 1.56. The molecule has 1 aliphatic carbocycles. The summed E-state index contributed by atoms with van der Waals surface area (Å²) in [5.41, 5.74) is -6.88. The molecule has 0 aliphatic heterocycles. The molecular weight excluding hydrogens is 678 g/mol. The van der Waals surface area contributed by atoms with Gasteiger partial charge in [-0.05, 0) is 43.2 Å². The summed E-state index contributed by atoms with van der Waals surface area (Å²) >= 11 is 0. The Bertz CT molecular complexity index is 1560. The first-order valence-electron chi connectivity index (χ1n) is 16.8. The number of carbonyl (C=O) groups is 2. The molecule has 0 saturated heterocycles. The normalized spacial score (nSPS) is 18.0. The van der Waals surface area contributed by atoms with E-state index in [4.69, 9.17) is 18.9 Å². The van der Waals surface area contributed by atoms with Crippen molar-refractivity contribution in [3.05, 3.63) is 120 Å². The molecule has 12 heteroatoms. The van der Waals surface area contributed by atoms with E-state index in [1.807, 2.05) is 12.1 Å². The molecule has 4 rings (SSSR count). The Morgan fingerprint density at radius 3 is 1.59 bits per heavy atom. The van der Waals surface area contributed by atoms with Crippen LogP contribution < -0.4 is 0 Å². The molecule has 0 aromatic heterocycles. The summed E-state index contributed by atoms with van der Waals surface area (Å²) in [6.07, 6.45) is -5.77. The molecule has 0 heterocycles. The Balaban J connectivity index is 1.64. The topological polar surface area (TPSA) is 71.1 Å². The number of aryl methyl sites for hydroxylation is 1. The van der Waals surface area contributed by atoms with Crippen molar-refractivity contribution in [3.8, 4) is 0 Å². The van der Waals surface area contributed by atoms with Crippen molar-refractivity contribution < 1.29 is 54.9 Å². The van der Waals surface area contributed by atoms with E-state index in [1.54, 1.807) is 18.2 Å². The highest BCUT2D eigenvalue weighted by molar-refractivity contribution is 5.83. The van der Waals surface area contributed by atoms with Gasteiger partial charge in [0, 0.05) is 31.8 Å². The molecule has 4 atom stereocenters. The van der Waals surface area contributed by atoms with Crippen LogP contribution in [0.4, 0.5) is 26.3 Å². The van der Waals surface area contributed by atoms with Gasteiger partial charge in [-0.3, -0.25) is 0 Å². The molecule has 0 N–H and O–H groups in total. The van der Waals surface area contributed by atoms with Gasteiger partial charge in [0.05, 0.1) is 0 Å². The van der Waals surface area contributed by atoms with Gasteiger partial charge in [-0.15, -0.1) is 0 Å². The van der Waals surface area contributed by atoms with Crippen LogP contribution in [0.5, 0.6) is 0 Å². The zero-order valence-electron chi connectivity index (χ0n) is 28.4. The lowest BCUT2D eigenvalue weighted by Gasteiger charge is -2.35. The summed E-state index contributed by atoms with van der Waals surface area (Å²) < 4.78 is 109. The SMILES string of the molecule is CO[C@](C(=O)O[C@H](C/C=C\[C@H](OC(=O)[C@@](OC)(c1ccccc1)C(F)(F)F)C1CCCCC1)CCc1ccccc1)(c1ccccc1)C(F)(F)F. The minimum atomic E-state index is -5.19. The average molecular weight is 721 g/mol. The van der Waals surface area contributed by atoms with Gasteiger partial charge in [0.15, 0.2) is 0 Å². The Morgan fingerprint density at radius 1 is 0.686 bits per heavy atom. The molecule has 0 bridgehead atoms. The number of halogens is 6. The van der Waals surface area contributed by atoms with E-state index in [-0.39, 0.29) is 18.8 Å². The lowest BCUT2D eigenvalue weighted by molar-refractivity contribution is -0.279. The first kappa shape index (κ1) is 39.6. The van der Waals surface area contributed by atoms with E-state index in [1.165, 1.54) is 48.6 Å². The second kappa shape index (κ2) is 17.4. The van der Waals surface area contributed by atoms with Crippen LogP contribution in [0.3, 0.4) is 0 Å². The number of methoxy groups -OCH3 is 2. The monoisotopic (exact) mass is 720 g/mol. The van der Waals surface area contributed by atoms with Crippen LogP contribution >= 0.6 is 0 Å². The first-order valence-corrected chi connectivity index (χ1v) is 16.8. The maximum absolute atomic E-state index is 14.7. The second-order valence-corrected chi connectivity index (χ2v) is 12.5. The van der Waals surface area contributed by atoms with Crippen LogP contribution in [0.25, 0.3) is 0 Å². The number of benzene rings is 3. The van der Waals surface area contributed by atoms with Gasteiger partial charge in [-0.1, -0.05) is 116 Å². The van der Waals surface area contributed by atoms with Crippen LogP contribution in [0.2, 0.25) is 0 Å². The van der Waals surface area contributed by atoms with Crippen LogP contribution in [0, 0.1) is 5.92 Å². The number of alkyl halides is 6. The number of esters is 2. The molecule has 1 aliphatic rings. The molecule has 0 unspecified atom stereocenters. The Kier molecular flexibility index (Phi) is 13.5. The molecule has 6 nitrogen and oxygen atoms in total. The van der Waals surface area contributed by atoms with Crippen LogP contribution in [0.15, 0.2) is 103 Å². The highest BCUT2D eigenvalue weighted by Gasteiger charge is 2.65. The molecule has 3 aromatic rings.